The van der Waals surface area contributed by atoms with Crippen LogP contribution in [0.3, 0.4) is 0 Å². The minimum Gasteiger partial charge on any atom is -0.380 e. The number of ether oxygens (including phenoxy) is 3. The van der Waals surface area contributed by atoms with E-state index >= 15 is 0 Å². The second kappa shape index (κ2) is 7.68. The van der Waals surface area contributed by atoms with Crippen LogP contribution in [0.15, 0.2) is 18.3 Å². The molecular weight excluding hydrogens is 422 g/mol. The van der Waals surface area contributed by atoms with E-state index in [-0.39, 0.29) is 12.0 Å². The highest BCUT2D eigenvalue weighted by Gasteiger charge is 2.40. The van der Waals surface area contributed by atoms with Crippen LogP contribution in [0.4, 0.5) is 11.5 Å². The second-order valence-electron chi connectivity index (χ2n) is 9.62. The van der Waals surface area contributed by atoms with E-state index in [9.17, 15) is 0 Å². The van der Waals surface area contributed by atoms with E-state index < -0.39 is 0 Å². The molecule has 4 aliphatic heterocycles. The standard InChI is InChI=1S/C23H29N7O3/c1-14-9-31-7-6-28(14)18-8-20(29-16-2-3-17(29)13-33-12-16)25-23-21(18)22(15-10-32-11-15)27-30(23)19-4-5-24-26-19/h4-5,8,14-17H,2-3,6-7,9-13H2,1H3,(H,24,26)/t14-,16?,17?/m1/s1. The molecule has 0 radical (unpaired) electrons. The van der Waals surface area contributed by atoms with Gasteiger partial charge in [-0.1, -0.05) is 0 Å². The first-order chi connectivity index (χ1) is 16.3. The van der Waals surface area contributed by atoms with Crippen LogP contribution < -0.4 is 9.80 Å². The minimum atomic E-state index is 0.277. The zero-order valence-electron chi connectivity index (χ0n) is 18.8. The molecule has 0 saturated carbocycles. The Balaban J connectivity index is 1.47. The van der Waals surface area contributed by atoms with E-state index in [1.165, 1.54) is 5.69 Å². The van der Waals surface area contributed by atoms with Crippen LogP contribution in [0.5, 0.6) is 0 Å². The summed E-state index contributed by atoms with van der Waals surface area (Å²) >= 11 is 0. The summed E-state index contributed by atoms with van der Waals surface area (Å²) in [5.74, 6) is 2.12. The highest BCUT2D eigenvalue weighted by Crippen LogP contribution is 2.42. The van der Waals surface area contributed by atoms with Crippen molar-refractivity contribution in [3.63, 3.8) is 0 Å². The highest BCUT2D eigenvalue weighted by atomic mass is 16.5. The van der Waals surface area contributed by atoms with Gasteiger partial charge in [0, 0.05) is 24.7 Å². The maximum absolute atomic E-state index is 5.86. The van der Waals surface area contributed by atoms with E-state index in [1.54, 1.807) is 6.20 Å². The van der Waals surface area contributed by atoms with Gasteiger partial charge in [0.2, 0.25) is 0 Å². The van der Waals surface area contributed by atoms with Crippen molar-refractivity contribution < 1.29 is 14.2 Å². The van der Waals surface area contributed by atoms with Gasteiger partial charge in [-0.2, -0.15) is 14.9 Å². The predicted octanol–water partition coefficient (Wildman–Crippen LogP) is 1.85. The molecule has 0 spiro atoms. The van der Waals surface area contributed by atoms with Gasteiger partial charge in [0.1, 0.15) is 5.82 Å². The zero-order valence-corrected chi connectivity index (χ0v) is 18.8. The number of hydrogen-bond donors (Lipinski definition) is 1. The highest BCUT2D eigenvalue weighted by molar-refractivity contribution is 5.95. The molecule has 10 nitrogen and oxygen atoms in total. The maximum Gasteiger partial charge on any atom is 0.169 e. The first-order valence-electron chi connectivity index (χ1n) is 12.0. The van der Waals surface area contributed by atoms with Gasteiger partial charge in [0.05, 0.1) is 80.6 Å². The summed E-state index contributed by atoms with van der Waals surface area (Å²) in [7, 11) is 0. The molecule has 0 aliphatic carbocycles. The normalized spacial score (nSPS) is 28.0. The van der Waals surface area contributed by atoms with Crippen LogP contribution in [0, 0.1) is 0 Å². The van der Waals surface area contributed by atoms with E-state index in [0.717, 1.165) is 74.2 Å². The van der Waals surface area contributed by atoms with Gasteiger partial charge in [-0.25, -0.2) is 4.98 Å². The number of fused-ring (bicyclic) bond motifs is 3. The summed E-state index contributed by atoms with van der Waals surface area (Å²) in [6, 6.07) is 5.28. The van der Waals surface area contributed by atoms with Crippen LogP contribution in [0.25, 0.3) is 16.9 Å². The average Bonchev–Trinajstić information content (AvgIpc) is 3.50. The number of pyridine rings is 1. The lowest BCUT2D eigenvalue weighted by molar-refractivity contribution is 0.00712. The van der Waals surface area contributed by atoms with Gasteiger partial charge in [-0.05, 0) is 19.8 Å². The fraction of sp³-hybridized carbons (Fsp3) is 0.609. The van der Waals surface area contributed by atoms with Gasteiger partial charge in [0.15, 0.2) is 11.5 Å². The summed E-state index contributed by atoms with van der Waals surface area (Å²) < 4.78 is 19.1. The van der Waals surface area contributed by atoms with Crippen LogP contribution in [-0.4, -0.2) is 89.3 Å². The minimum absolute atomic E-state index is 0.277. The van der Waals surface area contributed by atoms with Crippen molar-refractivity contribution in [3.05, 3.63) is 24.0 Å². The molecule has 1 N–H and O–H groups in total. The second-order valence-corrected chi connectivity index (χ2v) is 9.62. The summed E-state index contributed by atoms with van der Waals surface area (Å²) in [6.45, 7) is 7.46. The van der Waals surface area contributed by atoms with Crippen molar-refractivity contribution in [1.29, 1.82) is 0 Å². The predicted molar refractivity (Wildman–Crippen MR) is 122 cm³/mol. The van der Waals surface area contributed by atoms with E-state index in [4.69, 9.17) is 24.3 Å². The molecule has 0 amide bonds. The lowest BCUT2D eigenvalue weighted by Crippen LogP contribution is -2.47. The van der Waals surface area contributed by atoms with Gasteiger partial charge >= 0.3 is 0 Å². The number of hydrogen-bond acceptors (Lipinski definition) is 8. The smallest absolute Gasteiger partial charge is 0.169 e. The molecule has 4 aliphatic rings. The average molecular weight is 452 g/mol. The monoisotopic (exact) mass is 451 g/mol. The fourth-order valence-electron chi connectivity index (χ4n) is 5.77. The fourth-order valence-corrected chi connectivity index (χ4v) is 5.77. The topological polar surface area (TPSA) is 93.6 Å². The molecule has 2 unspecified atom stereocenters. The summed E-state index contributed by atoms with van der Waals surface area (Å²) in [6.07, 6.45) is 4.06. The molecule has 7 rings (SSSR count). The van der Waals surface area contributed by atoms with Crippen molar-refractivity contribution >= 4 is 22.5 Å². The molecule has 174 valence electrons. The van der Waals surface area contributed by atoms with Crippen molar-refractivity contribution in [3.8, 4) is 5.82 Å². The van der Waals surface area contributed by atoms with Crippen LogP contribution in [0.1, 0.15) is 31.4 Å². The number of anilines is 2. The third kappa shape index (κ3) is 3.08. The van der Waals surface area contributed by atoms with Gasteiger partial charge in [0.25, 0.3) is 0 Å². The van der Waals surface area contributed by atoms with Crippen molar-refractivity contribution in [2.75, 3.05) is 56.0 Å². The number of rotatable bonds is 4. The van der Waals surface area contributed by atoms with Crippen molar-refractivity contribution in [2.24, 2.45) is 0 Å². The number of aromatic nitrogens is 5. The number of aromatic amines is 1. The molecule has 4 saturated heterocycles. The molecule has 3 atom stereocenters. The molecular formula is C23H29N7O3. The Bertz CT molecular complexity index is 1140. The summed E-state index contributed by atoms with van der Waals surface area (Å²) in [5.41, 5.74) is 3.13. The van der Waals surface area contributed by atoms with E-state index in [2.05, 4.69) is 33.0 Å². The van der Waals surface area contributed by atoms with E-state index in [0.29, 0.717) is 25.3 Å². The van der Waals surface area contributed by atoms with Crippen molar-refractivity contribution in [1.82, 2.24) is 25.0 Å². The molecule has 4 fully saturated rings. The third-order valence-corrected chi connectivity index (χ3v) is 7.55. The molecule has 3 aromatic heterocycles. The Hall–Kier alpha value is -2.69. The third-order valence-electron chi connectivity index (χ3n) is 7.55. The lowest BCUT2D eigenvalue weighted by Gasteiger charge is -2.39. The Morgan fingerprint density at radius 3 is 2.55 bits per heavy atom. The molecule has 0 aromatic carbocycles. The first kappa shape index (κ1) is 19.7. The quantitative estimate of drug-likeness (QED) is 0.643. The number of H-pyrrole nitrogens is 1. The van der Waals surface area contributed by atoms with Gasteiger partial charge < -0.3 is 24.0 Å². The summed E-state index contributed by atoms with van der Waals surface area (Å²) in [4.78, 5) is 10.2. The lowest BCUT2D eigenvalue weighted by atomic mass is 9.99. The zero-order chi connectivity index (χ0) is 21.9. The van der Waals surface area contributed by atoms with Gasteiger partial charge in [-0.3, -0.25) is 5.10 Å². The van der Waals surface area contributed by atoms with Crippen LogP contribution in [-0.2, 0) is 14.2 Å². The van der Waals surface area contributed by atoms with Crippen LogP contribution >= 0.6 is 0 Å². The van der Waals surface area contributed by atoms with E-state index in [1.807, 2.05) is 10.7 Å². The molecule has 33 heavy (non-hydrogen) atoms. The molecule has 10 heteroatoms. The number of morpholine rings is 2. The molecule has 3 aromatic rings. The molecule has 7 heterocycles. The Morgan fingerprint density at radius 2 is 1.85 bits per heavy atom. The first-order valence-corrected chi connectivity index (χ1v) is 12.0. The Labute approximate surface area is 191 Å². The van der Waals surface area contributed by atoms with Crippen LogP contribution in [0.2, 0.25) is 0 Å². The number of nitrogens with one attached hydrogen (secondary N) is 1. The SMILES string of the molecule is C[C@@H]1COCCN1c1cc(N2C3CCC2COC3)nc2c1c(C1COC1)nn2-c1ccn[nH]1. The Morgan fingerprint density at radius 1 is 1.03 bits per heavy atom. The number of nitrogens with zero attached hydrogens (tertiary/aromatic N) is 6. The largest absolute Gasteiger partial charge is 0.380 e. The summed E-state index contributed by atoms with van der Waals surface area (Å²) in [5, 5.41) is 13.5. The Kier molecular flexibility index (Phi) is 4.60. The molecule has 2 bridgehead atoms. The van der Waals surface area contributed by atoms with Gasteiger partial charge in [-0.15, -0.1) is 0 Å². The maximum atomic E-state index is 5.86. The van der Waals surface area contributed by atoms with Crippen molar-refractivity contribution in [2.45, 2.75) is 43.8 Å².